The fourth-order valence-electron chi connectivity index (χ4n) is 2.38. The molecule has 0 bridgehead atoms. The molecule has 1 N–H and O–H groups in total. The molecule has 6 nitrogen and oxygen atoms in total. The molecule has 1 amide bonds. The first-order chi connectivity index (χ1) is 9.17. The molecule has 1 fully saturated rings. The molecule has 1 heterocycles. The lowest BCUT2D eigenvalue weighted by molar-refractivity contribution is -0.149. The van der Waals surface area contributed by atoms with E-state index >= 15 is 0 Å². The van der Waals surface area contributed by atoms with Gasteiger partial charge in [-0.05, 0) is 40.5 Å². The summed E-state index contributed by atoms with van der Waals surface area (Å²) in [6.07, 6.45) is 0.666. The zero-order valence-electron chi connectivity index (χ0n) is 12.8. The lowest BCUT2D eigenvalue weighted by Gasteiger charge is -2.40. The average molecular weight is 287 g/mol. The number of rotatable bonds is 4. The van der Waals surface area contributed by atoms with Crippen molar-refractivity contribution >= 4 is 12.1 Å². The number of likely N-dealkylation sites (tertiary alicyclic amines) is 1. The number of carboxylic acids is 1. The monoisotopic (exact) mass is 287 g/mol. The molecular formula is C14H25NO5. The maximum atomic E-state index is 12.0. The Balaban J connectivity index is 2.60. The van der Waals surface area contributed by atoms with Crippen LogP contribution in [-0.4, -0.2) is 53.0 Å². The van der Waals surface area contributed by atoms with E-state index < -0.39 is 17.2 Å². The Labute approximate surface area is 120 Å². The number of hydrogen-bond donors (Lipinski definition) is 1. The van der Waals surface area contributed by atoms with E-state index in [0.717, 1.165) is 0 Å². The zero-order valence-corrected chi connectivity index (χ0v) is 12.8. The molecule has 0 atom stereocenters. The molecule has 0 unspecified atom stereocenters. The van der Waals surface area contributed by atoms with Gasteiger partial charge in [0.05, 0.1) is 12.0 Å². The van der Waals surface area contributed by atoms with Crippen molar-refractivity contribution in [2.45, 2.75) is 58.2 Å². The van der Waals surface area contributed by atoms with Crippen LogP contribution in [0, 0.1) is 0 Å². The summed E-state index contributed by atoms with van der Waals surface area (Å²) in [6, 6.07) is 0. The van der Waals surface area contributed by atoms with E-state index in [9.17, 15) is 9.59 Å². The van der Waals surface area contributed by atoms with Crippen molar-refractivity contribution in [1.82, 2.24) is 4.90 Å². The molecule has 116 valence electrons. The van der Waals surface area contributed by atoms with Crippen LogP contribution in [0.3, 0.4) is 0 Å². The third kappa shape index (κ3) is 5.00. The summed E-state index contributed by atoms with van der Waals surface area (Å²) in [6.45, 7) is 8.71. The normalized spacial score (nSPS) is 18.7. The predicted molar refractivity (Wildman–Crippen MR) is 73.7 cm³/mol. The van der Waals surface area contributed by atoms with Crippen LogP contribution < -0.4 is 0 Å². The van der Waals surface area contributed by atoms with Gasteiger partial charge in [-0.25, -0.2) is 4.79 Å². The zero-order chi connectivity index (χ0) is 15.4. The molecule has 1 aliphatic heterocycles. The highest BCUT2D eigenvalue weighted by molar-refractivity contribution is 5.69. The second-order valence-electron chi connectivity index (χ2n) is 6.15. The van der Waals surface area contributed by atoms with E-state index in [1.165, 1.54) is 0 Å². The maximum Gasteiger partial charge on any atom is 0.410 e. The van der Waals surface area contributed by atoms with Crippen LogP contribution in [-0.2, 0) is 14.3 Å². The van der Waals surface area contributed by atoms with E-state index in [4.69, 9.17) is 14.6 Å². The molecule has 0 aromatic heterocycles. The van der Waals surface area contributed by atoms with Crippen LogP contribution in [0.4, 0.5) is 4.79 Å². The van der Waals surface area contributed by atoms with Crippen LogP contribution in [0.2, 0.25) is 0 Å². The number of nitrogens with zero attached hydrogens (tertiary/aromatic N) is 1. The Kier molecular flexibility index (Phi) is 5.39. The minimum atomic E-state index is -0.871. The molecule has 1 rings (SSSR count). The van der Waals surface area contributed by atoms with Gasteiger partial charge in [0.1, 0.15) is 5.60 Å². The van der Waals surface area contributed by atoms with Gasteiger partial charge in [-0.15, -0.1) is 0 Å². The summed E-state index contributed by atoms with van der Waals surface area (Å²) < 4.78 is 11.0. The van der Waals surface area contributed by atoms with Crippen molar-refractivity contribution in [3.8, 4) is 0 Å². The number of piperidine rings is 1. The summed E-state index contributed by atoms with van der Waals surface area (Å²) in [7, 11) is 0. The largest absolute Gasteiger partial charge is 0.481 e. The summed E-state index contributed by atoms with van der Waals surface area (Å²) in [5.74, 6) is -0.871. The minimum Gasteiger partial charge on any atom is -0.481 e. The van der Waals surface area contributed by atoms with Crippen molar-refractivity contribution in [2.24, 2.45) is 0 Å². The van der Waals surface area contributed by atoms with Gasteiger partial charge < -0.3 is 19.5 Å². The molecule has 0 aromatic carbocycles. The smallest absolute Gasteiger partial charge is 0.410 e. The Morgan fingerprint density at radius 1 is 1.25 bits per heavy atom. The number of ether oxygens (including phenoxy) is 2. The molecule has 0 radical (unpaired) electrons. The molecule has 1 aliphatic rings. The average Bonchev–Trinajstić information content (AvgIpc) is 2.26. The second-order valence-corrected chi connectivity index (χ2v) is 6.15. The number of carbonyl (C=O) groups is 2. The van der Waals surface area contributed by atoms with Gasteiger partial charge in [0.15, 0.2) is 0 Å². The highest BCUT2D eigenvalue weighted by atomic mass is 16.6. The van der Waals surface area contributed by atoms with Gasteiger partial charge in [0, 0.05) is 19.7 Å². The van der Waals surface area contributed by atoms with E-state index in [1.807, 2.05) is 27.7 Å². The lowest BCUT2D eigenvalue weighted by atomic mass is 9.88. The van der Waals surface area contributed by atoms with Crippen molar-refractivity contribution < 1.29 is 24.2 Å². The van der Waals surface area contributed by atoms with E-state index in [1.54, 1.807) is 4.90 Å². The standard InChI is InChI=1S/C14H25NO5/c1-5-19-14(10-11(16)17)6-8-15(9-7-14)12(18)20-13(2,3)4/h5-10H2,1-4H3,(H,16,17). The molecule has 0 spiro atoms. The summed E-state index contributed by atoms with van der Waals surface area (Å²) in [4.78, 5) is 24.5. The lowest BCUT2D eigenvalue weighted by Crippen LogP contribution is -2.50. The fourth-order valence-corrected chi connectivity index (χ4v) is 2.38. The Bertz CT molecular complexity index is 353. The minimum absolute atomic E-state index is 0.0248. The molecule has 20 heavy (non-hydrogen) atoms. The van der Waals surface area contributed by atoms with Crippen LogP contribution in [0.1, 0.15) is 47.0 Å². The third-order valence-corrected chi connectivity index (χ3v) is 3.25. The van der Waals surface area contributed by atoms with Gasteiger partial charge in [0.2, 0.25) is 0 Å². The van der Waals surface area contributed by atoms with Gasteiger partial charge in [-0.2, -0.15) is 0 Å². The summed E-state index contributed by atoms with van der Waals surface area (Å²) in [5, 5.41) is 9.00. The van der Waals surface area contributed by atoms with Gasteiger partial charge in [0.25, 0.3) is 0 Å². The van der Waals surface area contributed by atoms with Crippen molar-refractivity contribution in [3.05, 3.63) is 0 Å². The first-order valence-electron chi connectivity index (χ1n) is 7.01. The Morgan fingerprint density at radius 3 is 2.20 bits per heavy atom. The first kappa shape index (κ1) is 16.8. The van der Waals surface area contributed by atoms with Gasteiger partial charge in [-0.3, -0.25) is 4.79 Å². The molecule has 0 aromatic rings. The fraction of sp³-hybridized carbons (Fsp3) is 0.857. The van der Waals surface area contributed by atoms with E-state index in [-0.39, 0.29) is 12.5 Å². The quantitative estimate of drug-likeness (QED) is 0.858. The second kappa shape index (κ2) is 6.43. The third-order valence-electron chi connectivity index (χ3n) is 3.25. The van der Waals surface area contributed by atoms with Gasteiger partial charge in [-0.1, -0.05) is 0 Å². The number of amides is 1. The van der Waals surface area contributed by atoms with Crippen LogP contribution >= 0.6 is 0 Å². The highest BCUT2D eigenvalue weighted by Crippen LogP contribution is 2.30. The van der Waals surface area contributed by atoms with Crippen LogP contribution in [0.5, 0.6) is 0 Å². The number of hydrogen-bond acceptors (Lipinski definition) is 4. The molecule has 0 aliphatic carbocycles. The molecule has 0 saturated carbocycles. The Morgan fingerprint density at radius 2 is 1.80 bits per heavy atom. The van der Waals surface area contributed by atoms with E-state index in [0.29, 0.717) is 32.5 Å². The van der Waals surface area contributed by atoms with Crippen molar-refractivity contribution in [3.63, 3.8) is 0 Å². The topological polar surface area (TPSA) is 76.1 Å². The van der Waals surface area contributed by atoms with Crippen molar-refractivity contribution in [1.29, 1.82) is 0 Å². The van der Waals surface area contributed by atoms with Crippen LogP contribution in [0.25, 0.3) is 0 Å². The maximum absolute atomic E-state index is 12.0. The molecule has 1 saturated heterocycles. The number of carboxylic acid groups (broad SMARTS) is 1. The summed E-state index contributed by atoms with van der Waals surface area (Å²) in [5.41, 5.74) is -1.17. The Hall–Kier alpha value is -1.30. The van der Waals surface area contributed by atoms with E-state index in [2.05, 4.69) is 0 Å². The van der Waals surface area contributed by atoms with Crippen molar-refractivity contribution in [2.75, 3.05) is 19.7 Å². The first-order valence-corrected chi connectivity index (χ1v) is 7.01. The summed E-state index contributed by atoms with van der Waals surface area (Å²) >= 11 is 0. The molecular weight excluding hydrogens is 262 g/mol. The highest BCUT2D eigenvalue weighted by Gasteiger charge is 2.39. The van der Waals surface area contributed by atoms with Gasteiger partial charge >= 0.3 is 12.1 Å². The molecule has 6 heteroatoms. The SMILES string of the molecule is CCOC1(CC(=O)O)CCN(C(=O)OC(C)(C)C)CC1. The number of aliphatic carboxylic acids is 1. The predicted octanol–water partition coefficient (Wildman–Crippen LogP) is 2.27. The van der Waals surface area contributed by atoms with Crippen LogP contribution in [0.15, 0.2) is 0 Å². The number of carbonyl (C=O) groups excluding carboxylic acids is 1.